The first-order valence-electron chi connectivity index (χ1n) is 9.80. The summed E-state index contributed by atoms with van der Waals surface area (Å²) >= 11 is 0. The first-order valence-corrected chi connectivity index (χ1v) is 9.80. The minimum atomic E-state index is 0.362. The van der Waals surface area contributed by atoms with Crippen molar-refractivity contribution in [2.75, 3.05) is 0 Å². The number of aryl methyl sites for hydroxylation is 2. The van der Waals surface area contributed by atoms with Crippen LogP contribution in [-0.2, 0) is 0 Å². The lowest BCUT2D eigenvalue weighted by Gasteiger charge is -2.06. The molecule has 1 aliphatic rings. The lowest BCUT2D eigenvalue weighted by molar-refractivity contribution is -0.693. The fraction of sp³-hybridized carbons (Fsp3) is 0.154. The fourth-order valence-corrected chi connectivity index (χ4v) is 4.12. The first-order chi connectivity index (χ1) is 13.6. The van der Waals surface area contributed by atoms with Crippen LogP contribution in [0.5, 0.6) is 0 Å². The van der Waals surface area contributed by atoms with Crippen LogP contribution in [0.15, 0.2) is 79.1 Å². The SMILES string of the molecule is Cc1ccc(-c2ccc(-c3ccc4[n+](c3)C(C)c3cc(C)ccc3-4)cc2)nc1. The minimum absolute atomic E-state index is 0.362. The van der Waals surface area contributed by atoms with Crippen LogP contribution >= 0.6 is 0 Å². The maximum Gasteiger partial charge on any atom is 0.213 e. The first kappa shape index (κ1) is 16.9. The standard InChI is InChI=1S/C26H23N2/c1-17-4-11-23-24(14-17)19(3)28-16-22(10-13-26(23)28)20-6-8-21(9-7-20)25-12-5-18(2)15-27-25/h4-16,19H,1-3H3/q+1. The van der Waals surface area contributed by atoms with Gasteiger partial charge in [-0.1, -0.05) is 42.0 Å². The second-order valence-corrected chi connectivity index (χ2v) is 7.78. The third kappa shape index (κ3) is 2.73. The van der Waals surface area contributed by atoms with Gasteiger partial charge in [-0.15, -0.1) is 0 Å². The van der Waals surface area contributed by atoms with E-state index in [9.17, 15) is 0 Å². The number of rotatable bonds is 2. The molecule has 136 valence electrons. The lowest BCUT2D eigenvalue weighted by atomic mass is 10.0. The van der Waals surface area contributed by atoms with Crippen molar-refractivity contribution in [3.63, 3.8) is 0 Å². The maximum absolute atomic E-state index is 4.53. The van der Waals surface area contributed by atoms with Gasteiger partial charge in [0.05, 0.1) is 11.3 Å². The largest absolute Gasteiger partial charge is 0.256 e. The van der Waals surface area contributed by atoms with Gasteiger partial charge < -0.3 is 0 Å². The zero-order valence-electron chi connectivity index (χ0n) is 16.5. The van der Waals surface area contributed by atoms with Crippen molar-refractivity contribution in [1.82, 2.24) is 4.98 Å². The number of pyridine rings is 2. The Bertz CT molecular complexity index is 1170. The quantitative estimate of drug-likeness (QED) is 0.405. The molecule has 2 aromatic carbocycles. The molecule has 4 aromatic rings. The molecular formula is C26H23N2+. The van der Waals surface area contributed by atoms with Gasteiger partial charge in [-0.25, -0.2) is 0 Å². The average Bonchev–Trinajstić information content (AvgIpc) is 3.00. The van der Waals surface area contributed by atoms with Crippen LogP contribution in [0.1, 0.15) is 29.7 Å². The highest BCUT2D eigenvalue weighted by atomic mass is 15.0. The summed E-state index contributed by atoms with van der Waals surface area (Å²) in [7, 11) is 0. The Balaban J connectivity index is 1.50. The van der Waals surface area contributed by atoms with Crippen molar-refractivity contribution < 1.29 is 4.57 Å². The van der Waals surface area contributed by atoms with E-state index in [-0.39, 0.29) is 0 Å². The monoisotopic (exact) mass is 363 g/mol. The van der Waals surface area contributed by atoms with Crippen LogP contribution in [0.2, 0.25) is 0 Å². The number of benzene rings is 2. The summed E-state index contributed by atoms with van der Waals surface area (Å²) in [6.45, 7) is 6.51. The van der Waals surface area contributed by atoms with Crippen molar-refractivity contribution in [1.29, 1.82) is 0 Å². The van der Waals surface area contributed by atoms with Crippen molar-refractivity contribution in [3.05, 3.63) is 95.8 Å². The lowest BCUT2D eigenvalue weighted by Crippen LogP contribution is -2.35. The summed E-state index contributed by atoms with van der Waals surface area (Å²) in [5, 5.41) is 0. The van der Waals surface area contributed by atoms with Gasteiger partial charge in [0.1, 0.15) is 0 Å². The van der Waals surface area contributed by atoms with E-state index in [1.807, 2.05) is 6.20 Å². The normalized spacial score (nSPS) is 14.6. The third-order valence-corrected chi connectivity index (χ3v) is 5.75. The van der Waals surface area contributed by atoms with E-state index in [1.54, 1.807) is 0 Å². The molecule has 2 nitrogen and oxygen atoms in total. The van der Waals surface area contributed by atoms with Crippen LogP contribution in [0, 0.1) is 13.8 Å². The summed E-state index contributed by atoms with van der Waals surface area (Å²) < 4.78 is 2.40. The van der Waals surface area contributed by atoms with E-state index >= 15 is 0 Å². The van der Waals surface area contributed by atoms with Gasteiger partial charge in [0.15, 0.2) is 12.2 Å². The highest BCUT2D eigenvalue weighted by Crippen LogP contribution is 2.35. The molecular weight excluding hydrogens is 340 g/mol. The van der Waals surface area contributed by atoms with Crippen LogP contribution in [0.25, 0.3) is 33.6 Å². The van der Waals surface area contributed by atoms with Gasteiger partial charge in [-0.2, -0.15) is 4.57 Å². The molecule has 0 bridgehead atoms. The van der Waals surface area contributed by atoms with E-state index in [0.717, 1.165) is 11.3 Å². The molecule has 1 atom stereocenters. The Hall–Kier alpha value is -3.26. The smallest absolute Gasteiger partial charge is 0.213 e. The van der Waals surface area contributed by atoms with Crippen molar-refractivity contribution in [2.24, 2.45) is 0 Å². The number of nitrogens with zero attached hydrogens (tertiary/aromatic N) is 2. The molecule has 0 aliphatic carbocycles. The van der Waals surface area contributed by atoms with Crippen LogP contribution in [0.3, 0.4) is 0 Å². The fourth-order valence-electron chi connectivity index (χ4n) is 4.12. The second kappa shape index (κ2) is 6.42. The van der Waals surface area contributed by atoms with E-state index in [2.05, 4.69) is 103 Å². The highest BCUT2D eigenvalue weighted by Gasteiger charge is 2.33. The van der Waals surface area contributed by atoms with Gasteiger partial charge >= 0.3 is 0 Å². The highest BCUT2D eigenvalue weighted by molar-refractivity contribution is 5.71. The summed E-state index contributed by atoms with van der Waals surface area (Å²) in [4.78, 5) is 4.53. The molecule has 3 heterocycles. The molecule has 0 radical (unpaired) electrons. The van der Waals surface area contributed by atoms with E-state index < -0.39 is 0 Å². The van der Waals surface area contributed by atoms with Gasteiger partial charge in [0.25, 0.3) is 0 Å². The maximum atomic E-state index is 4.53. The topological polar surface area (TPSA) is 16.8 Å². The molecule has 5 rings (SSSR count). The molecule has 0 fully saturated rings. The number of aromatic nitrogens is 2. The number of hydrogen-bond acceptors (Lipinski definition) is 1. The Morgan fingerprint density at radius 1 is 0.750 bits per heavy atom. The van der Waals surface area contributed by atoms with Crippen molar-refractivity contribution in [2.45, 2.75) is 26.8 Å². The van der Waals surface area contributed by atoms with E-state index in [0.29, 0.717) is 6.04 Å². The van der Waals surface area contributed by atoms with Crippen LogP contribution in [0.4, 0.5) is 0 Å². The molecule has 2 aromatic heterocycles. The summed E-state index contributed by atoms with van der Waals surface area (Å²) in [5.41, 5.74) is 11.2. The molecule has 2 heteroatoms. The third-order valence-electron chi connectivity index (χ3n) is 5.75. The molecule has 1 aliphatic heterocycles. The minimum Gasteiger partial charge on any atom is -0.256 e. The Labute approximate surface area is 166 Å². The molecule has 0 amide bonds. The van der Waals surface area contributed by atoms with Crippen molar-refractivity contribution >= 4 is 0 Å². The zero-order chi connectivity index (χ0) is 19.3. The predicted molar refractivity (Wildman–Crippen MR) is 114 cm³/mol. The van der Waals surface area contributed by atoms with Gasteiger partial charge in [0.2, 0.25) is 5.69 Å². The van der Waals surface area contributed by atoms with Gasteiger partial charge in [0, 0.05) is 35.9 Å². The zero-order valence-corrected chi connectivity index (χ0v) is 16.5. The predicted octanol–water partition coefficient (Wildman–Crippen LogP) is 5.91. The van der Waals surface area contributed by atoms with Crippen molar-refractivity contribution in [3.8, 4) is 33.6 Å². The van der Waals surface area contributed by atoms with E-state index in [4.69, 9.17) is 0 Å². The summed E-state index contributed by atoms with van der Waals surface area (Å²) in [5.74, 6) is 0. The van der Waals surface area contributed by atoms with Gasteiger partial charge in [-0.3, -0.25) is 4.98 Å². The Morgan fingerprint density at radius 3 is 2.21 bits per heavy atom. The van der Waals surface area contributed by atoms with Crippen LogP contribution in [-0.4, -0.2) is 4.98 Å². The Morgan fingerprint density at radius 2 is 1.46 bits per heavy atom. The number of fused-ring (bicyclic) bond motifs is 3. The van der Waals surface area contributed by atoms with E-state index in [1.165, 1.54) is 39.1 Å². The molecule has 0 saturated carbocycles. The molecule has 1 unspecified atom stereocenters. The average molecular weight is 363 g/mol. The second-order valence-electron chi connectivity index (χ2n) is 7.78. The molecule has 0 spiro atoms. The molecule has 0 saturated heterocycles. The Kier molecular flexibility index (Phi) is 3.87. The van der Waals surface area contributed by atoms with Crippen LogP contribution < -0.4 is 4.57 Å². The molecule has 0 N–H and O–H groups in total. The number of hydrogen-bond donors (Lipinski definition) is 0. The molecule has 28 heavy (non-hydrogen) atoms. The summed E-state index contributed by atoms with van der Waals surface area (Å²) in [6, 6.07) is 24.5. The van der Waals surface area contributed by atoms with Gasteiger partial charge in [-0.05, 0) is 49.2 Å². The summed E-state index contributed by atoms with van der Waals surface area (Å²) in [6.07, 6.45) is 4.20.